The molecule has 11 nitrogen and oxygen atoms in total. The van der Waals surface area contributed by atoms with Gasteiger partial charge in [0.25, 0.3) is 11.6 Å². The minimum absolute atomic E-state index is 0.0162. The fourth-order valence-electron chi connectivity index (χ4n) is 3.83. The Hall–Kier alpha value is -4.80. The average molecular weight is 533 g/mol. The number of anilines is 1. The predicted octanol–water partition coefficient (Wildman–Crippen LogP) is 5.71. The van der Waals surface area contributed by atoms with Crippen LogP contribution in [-0.2, 0) is 0 Å². The number of hydrogen-bond acceptors (Lipinski definition) is 8. The minimum atomic E-state index is -1.25. The lowest BCUT2D eigenvalue weighted by Gasteiger charge is -2.15. The van der Waals surface area contributed by atoms with Crippen LogP contribution in [0.2, 0.25) is 0 Å². The molecule has 0 aliphatic rings. The number of nitro groups is 1. The smallest absolute Gasteiger partial charge is 0.354 e. The number of carboxylic acids is 1. The van der Waals surface area contributed by atoms with Crippen molar-refractivity contribution in [1.82, 2.24) is 9.97 Å². The van der Waals surface area contributed by atoms with Gasteiger partial charge in [0, 0.05) is 29.0 Å². The number of hydrogen-bond donors (Lipinski definition) is 2. The number of aromatic carboxylic acids is 1. The molecular weight excluding hydrogens is 504 g/mol. The highest BCUT2D eigenvalue weighted by Gasteiger charge is 2.22. The number of nitrogens with one attached hydrogen (secondary N) is 1. The van der Waals surface area contributed by atoms with Crippen molar-refractivity contribution in [2.75, 3.05) is 18.5 Å². The van der Waals surface area contributed by atoms with Gasteiger partial charge in [-0.25, -0.2) is 14.8 Å². The lowest BCUT2D eigenvalue weighted by Crippen LogP contribution is -2.16. The zero-order chi connectivity index (χ0) is 28.3. The van der Waals surface area contributed by atoms with Crippen molar-refractivity contribution in [3.05, 3.63) is 70.0 Å². The van der Waals surface area contributed by atoms with E-state index in [9.17, 15) is 24.8 Å². The zero-order valence-corrected chi connectivity index (χ0v) is 21.9. The van der Waals surface area contributed by atoms with E-state index in [4.69, 9.17) is 9.47 Å². The van der Waals surface area contributed by atoms with E-state index >= 15 is 0 Å². The molecule has 11 heteroatoms. The van der Waals surface area contributed by atoms with Crippen molar-refractivity contribution >= 4 is 45.1 Å². The van der Waals surface area contributed by atoms with Gasteiger partial charge in [0.05, 0.1) is 29.3 Å². The number of nitro benzene ring substituents is 1. The summed E-state index contributed by atoms with van der Waals surface area (Å²) >= 11 is 0. The molecule has 0 radical (unpaired) electrons. The molecule has 39 heavy (non-hydrogen) atoms. The van der Waals surface area contributed by atoms with Crippen molar-refractivity contribution in [3.63, 3.8) is 0 Å². The average Bonchev–Trinajstić information content (AvgIpc) is 2.89. The molecule has 0 saturated heterocycles. The maximum Gasteiger partial charge on any atom is 0.354 e. The van der Waals surface area contributed by atoms with Crippen molar-refractivity contribution in [3.8, 4) is 11.5 Å². The van der Waals surface area contributed by atoms with Crippen molar-refractivity contribution in [2.24, 2.45) is 11.8 Å². The molecule has 0 fully saturated rings. The van der Waals surface area contributed by atoms with Crippen molar-refractivity contribution in [1.29, 1.82) is 0 Å². The van der Waals surface area contributed by atoms with E-state index in [1.807, 2.05) is 27.7 Å². The molecule has 0 aliphatic heterocycles. The second-order valence-electron chi connectivity index (χ2n) is 9.81. The van der Waals surface area contributed by atoms with Crippen LogP contribution in [0, 0.1) is 22.0 Å². The van der Waals surface area contributed by atoms with Gasteiger partial charge in [0.2, 0.25) is 0 Å². The molecule has 0 bridgehead atoms. The Morgan fingerprint density at radius 2 is 1.44 bits per heavy atom. The van der Waals surface area contributed by atoms with Gasteiger partial charge < -0.3 is 19.9 Å². The van der Waals surface area contributed by atoms with E-state index in [0.29, 0.717) is 29.7 Å². The van der Waals surface area contributed by atoms with Crippen molar-refractivity contribution in [2.45, 2.75) is 27.7 Å². The molecule has 0 saturated carbocycles. The first-order valence-electron chi connectivity index (χ1n) is 12.4. The Morgan fingerprint density at radius 3 is 2.00 bits per heavy atom. The van der Waals surface area contributed by atoms with Gasteiger partial charge in [-0.1, -0.05) is 39.8 Å². The molecule has 0 unspecified atom stereocenters. The van der Waals surface area contributed by atoms with Crippen LogP contribution in [0.3, 0.4) is 0 Å². The molecule has 2 N–H and O–H groups in total. The van der Waals surface area contributed by atoms with Crippen LogP contribution >= 0.6 is 0 Å². The number of nitrogens with zero attached hydrogens (tertiary/aromatic N) is 3. The first kappa shape index (κ1) is 27.2. The maximum atomic E-state index is 13.4. The number of fused-ring (bicyclic) bond motifs is 2. The molecule has 4 aromatic rings. The molecule has 0 aliphatic carbocycles. The van der Waals surface area contributed by atoms with E-state index in [2.05, 4.69) is 15.3 Å². The monoisotopic (exact) mass is 532 g/mol. The number of pyridine rings is 2. The van der Waals surface area contributed by atoms with E-state index in [1.165, 1.54) is 24.3 Å². The Kier molecular flexibility index (Phi) is 7.89. The highest BCUT2D eigenvalue weighted by atomic mass is 16.6. The van der Waals surface area contributed by atoms with Crippen LogP contribution < -0.4 is 14.8 Å². The van der Waals surface area contributed by atoms with Crippen LogP contribution in [0.15, 0.2) is 48.5 Å². The highest BCUT2D eigenvalue weighted by Crippen LogP contribution is 2.34. The fraction of sp³-hybridized carbons (Fsp3) is 0.286. The zero-order valence-electron chi connectivity index (χ0n) is 21.9. The van der Waals surface area contributed by atoms with Gasteiger partial charge >= 0.3 is 5.97 Å². The Balaban J connectivity index is 1.80. The van der Waals surface area contributed by atoms with Crippen LogP contribution in [-0.4, -0.2) is 45.1 Å². The van der Waals surface area contributed by atoms with Gasteiger partial charge in [-0.3, -0.25) is 14.9 Å². The van der Waals surface area contributed by atoms with Crippen LogP contribution in [0.25, 0.3) is 21.8 Å². The SMILES string of the molecule is CC(C)COc1cc(C(=O)O)nc2c(NC(=O)c3cc(OCC(C)C)c4cccc([N+](=O)[O-])c4n3)cccc12. The molecule has 1 amide bonds. The normalized spacial score (nSPS) is 11.2. The van der Waals surface area contributed by atoms with E-state index in [-0.39, 0.29) is 51.4 Å². The quantitative estimate of drug-likeness (QED) is 0.193. The van der Waals surface area contributed by atoms with Gasteiger partial charge in [-0.2, -0.15) is 0 Å². The summed E-state index contributed by atoms with van der Waals surface area (Å²) in [6.45, 7) is 8.52. The summed E-state index contributed by atoms with van der Waals surface area (Å²) in [5.74, 6) is -0.949. The van der Waals surface area contributed by atoms with E-state index in [1.54, 1.807) is 24.3 Å². The second-order valence-corrected chi connectivity index (χ2v) is 9.81. The second kappa shape index (κ2) is 11.3. The van der Waals surface area contributed by atoms with Gasteiger partial charge in [0.1, 0.15) is 17.2 Å². The van der Waals surface area contributed by atoms with Crippen molar-refractivity contribution < 1.29 is 29.1 Å². The van der Waals surface area contributed by atoms with Crippen LogP contribution in [0.5, 0.6) is 11.5 Å². The summed E-state index contributed by atoms with van der Waals surface area (Å²) < 4.78 is 11.7. The minimum Gasteiger partial charge on any atom is -0.493 e. The van der Waals surface area contributed by atoms with Gasteiger partial charge in [-0.05, 0) is 30.0 Å². The lowest BCUT2D eigenvalue weighted by atomic mass is 10.1. The number of carboxylic acid groups (broad SMARTS) is 1. The number of para-hydroxylation sites is 2. The summed E-state index contributed by atoms with van der Waals surface area (Å²) in [6, 6.07) is 12.2. The predicted molar refractivity (Wildman–Crippen MR) is 146 cm³/mol. The molecule has 202 valence electrons. The lowest BCUT2D eigenvalue weighted by molar-refractivity contribution is -0.383. The summed E-state index contributed by atoms with van der Waals surface area (Å²) in [7, 11) is 0. The largest absolute Gasteiger partial charge is 0.493 e. The maximum absolute atomic E-state index is 13.4. The number of benzene rings is 2. The molecule has 2 heterocycles. The number of rotatable bonds is 10. The van der Waals surface area contributed by atoms with Crippen LogP contribution in [0.4, 0.5) is 11.4 Å². The Morgan fingerprint density at radius 1 is 0.897 bits per heavy atom. The summed E-state index contributed by atoms with van der Waals surface area (Å²) in [4.78, 5) is 44.8. The highest BCUT2D eigenvalue weighted by molar-refractivity contribution is 6.10. The first-order valence-corrected chi connectivity index (χ1v) is 12.4. The third kappa shape index (κ3) is 6.03. The number of carbonyl (C=O) groups is 2. The fourth-order valence-corrected chi connectivity index (χ4v) is 3.83. The molecule has 0 atom stereocenters. The van der Waals surface area contributed by atoms with Gasteiger partial charge in [-0.15, -0.1) is 0 Å². The molecular formula is C28H28N4O7. The third-order valence-corrected chi connectivity index (χ3v) is 5.62. The van der Waals surface area contributed by atoms with E-state index in [0.717, 1.165) is 0 Å². The first-order chi connectivity index (χ1) is 18.5. The summed E-state index contributed by atoms with van der Waals surface area (Å²) in [6.07, 6.45) is 0. The third-order valence-electron chi connectivity index (χ3n) is 5.62. The summed E-state index contributed by atoms with van der Waals surface area (Å²) in [5, 5.41) is 24.9. The molecule has 4 rings (SSSR count). The molecule has 2 aromatic heterocycles. The summed E-state index contributed by atoms with van der Waals surface area (Å²) in [5.41, 5.74) is -0.162. The Labute approximate surface area is 223 Å². The topological polar surface area (TPSA) is 154 Å². The number of non-ortho nitro benzene ring substituents is 1. The number of ether oxygens (including phenoxy) is 2. The molecule has 0 spiro atoms. The molecule has 2 aromatic carbocycles. The standard InChI is InChI=1S/C28H28N4O7/c1-15(2)13-38-23-11-20(29-26-18(23)8-6-10-22(26)32(36)37)27(33)31-19-9-5-7-17-24(39-14-16(3)4)12-21(28(34)35)30-25(17)19/h5-12,15-16H,13-14H2,1-4H3,(H,31,33)(H,34,35). The number of aromatic nitrogens is 2. The van der Waals surface area contributed by atoms with Crippen LogP contribution in [0.1, 0.15) is 48.7 Å². The van der Waals surface area contributed by atoms with Gasteiger partial charge in [0.15, 0.2) is 11.2 Å². The number of carbonyl (C=O) groups excluding carboxylic acids is 1. The Bertz CT molecular complexity index is 1580. The number of amides is 1. The van der Waals surface area contributed by atoms with E-state index < -0.39 is 16.8 Å².